The van der Waals surface area contributed by atoms with E-state index in [4.69, 9.17) is 10.5 Å². The van der Waals surface area contributed by atoms with Crippen LogP contribution in [0.1, 0.15) is 26.2 Å². The molecule has 0 aromatic carbocycles. The van der Waals surface area contributed by atoms with Crippen molar-refractivity contribution in [2.75, 3.05) is 29.2 Å². The molecule has 7 heteroatoms. The first-order valence-corrected chi connectivity index (χ1v) is 9.05. The van der Waals surface area contributed by atoms with E-state index < -0.39 is 15.4 Å². The molecular formula is C14H21N3O3S. The van der Waals surface area contributed by atoms with Crippen molar-refractivity contribution in [1.82, 2.24) is 4.98 Å². The van der Waals surface area contributed by atoms with Crippen molar-refractivity contribution >= 4 is 21.3 Å². The van der Waals surface area contributed by atoms with Crippen LogP contribution in [-0.2, 0) is 9.84 Å². The van der Waals surface area contributed by atoms with Gasteiger partial charge in [-0.05, 0) is 44.2 Å². The van der Waals surface area contributed by atoms with Crippen LogP contribution in [0, 0.1) is 5.92 Å². The van der Waals surface area contributed by atoms with Crippen LogP contribution < -0.4 is 15.8 Å². The second kappa shape index (κ2) is 5.05. The summed E-state index contributed by atoms with van der Waals surface area (Å²) in [5.41, 5.74) is 5.90. The highest BCUT2D eigenvalue weighted by molar-refractivity contribution is 7.91. The molecule has 0 radical (unpaired) electrons. The number of nitrogen functional groups attached to an aromatic ring is 1. The topological polar surface area (TPSA) is 94.3 Å². The van der Waals surface area contributed by atoms with Crippen molar-refractivity contribution in [2.45, 2.75) is 31.7 Å². The Morgan fingerprint density at radius 1 is 1.48 bits per heavy atom. The van der Waals surface area contributed by atoms with Gasteiger partial charge in [0, 0.05) is 0 Å². The van der Waals surface area contributed by atoms with E-state index in [0.29, 0.717) is 36.3 Å². The maximum Gasteiger partial charge on any atom is 0.239 e. The molecule has 116 valence electrons. The zero-order valence-electron chi connectivity index (χ0n) is 12.1. The highest BCUT2D eigenvalue weighted by atomic mass is 32.2. The lowest BCUT2D eigenvalue weighted by atomic mass is 10.0. The first-order chi connectivity index (χ1) is 9.85. The van der Waals surface area contributed by atoms with Gasteiger partial charge < -0.3 is 15.8 Å². The van der Waals surface area contributed by atoms with Gasteiger partial charge >= 0.3 is 0 Å². The summed E-state index contributed by atoms with van der Waals surface area (Å²) in [5, 5.41) is 3.22. The van der Waals surface area contributed by atoms with Gasteiger partial charge in [-0.25, -0.2) is 8.42 Å². The van der Waals surface area contributed by atoms with Crippen LogP contribution >= 0.6 is 0 Å². The van der Waals surface area contributed by atoms with Gasteiger partial charge in [0.2, 0.25) is 5.88 Å². The number of hydrogen-bond acceptors (Lipinski definition) is 6. The fraction of sp³-hybridized carbons (Fsp3) is 0.643. The monoisotopic (exact) mass is 311 g/mol. The van der Waals surface area contributed by atoms with Crippen molar-refractivity contribution in [3.63, 3.8) is 0 Å². The number of nitrogens with zero attached hydrogens (tertiary/aromatic N) is 1. The zero-order valence-corrected chi connectivity index (χ0v) is 12.9. The predicted molar refractivity (Wildman–Crippen MR) is 82.2 cm³/mol. The zero-order chi connectivity index (χ0) is 15.1. The van der Waals surface area contributed by atoms with Gasteiger partial charge in [-0.3, -0.25) is 0 Å². The summed E-state index contributed by atoms with van der Waals surface area (Å²) in [4.78, 5) is 4.38. The lowest BCUT2D eigenvalue weighted by Gasteiger charge is -2.25. The van der Waals surface area contributed by atoms with Gasteiger partial charge in [-0.2, -0.15) is 4.98 Å². The van der Waals surface area contributed by atoms with E-state index in [2.05, 4.69) is 10.3 Å². The van der Waals surface area contributed by atoms with E-state index in [9.17, 15) is 8.42 Å². The molecule has 21 heavy (non-hydrogen) atoms. The number of nitrogens with one attached hydrogen (secondary N) is 1. The summed E-state index contributed by atoms with van der Waals surface area (Å²) in [6.07, 6.45) is 2.99. The molecule has 6 nitrogen and oxygen atoms in total. The summed E-state index contributed by atoms with van der Waals surface area (Å²) in [6, 6.07) is 3.50. The number of pyridine rings is 1. The minimum atomic E-state index is -2.95. The molecule has 0 bridgehead atoms. The summed E-state index contributed by atoms with van der Waals surface area (Å²) in [5.74, 6) is 2.01. The minimum absolute atomic E-state index is 0.129. The Labute approximate surface area is 125 Å². The molecule has 2 aliphatic rings. The Hall–Kier alpha value is -1.50. The van der Waals surface area contributed by atoms with E-state index in [-0.39, 0.29) is 11.5 Å². The van der Waals surface area contributed by atoms with Crippen LogP contribution in [0.15, 0.2) is 12.1 Å². The van der Waals surface area contributed by atoms with E-state index >= 15 is 0 Å². The van der Waals surface area contributed by atoms with Crippen molar-refractivity contribution < 1.29 is 13.2 Å². The molecule has 2 heterocycles. The van der Waals surface area contributed by atoms with Crippen molar-refractivity contribution in [2.24, 2.45) is 5.92 Å². The molecule has 2 fully saturated rings. The van der Waals surface area contributed by atoms with E-state index in [1.165, 1.54) is 12.8 Å². The number of rotatable bonds is 5. The van der Waals surface area contributed by atoms with E-state index in [1.807, 2.05) is 6.92 Å². The van der Waals surface area contributed by atoms with Crippen LogP contribution in [0.3, 0.4) is 0 Å². The molecule has 1 atom stereocenters. The van der Waals surface area contributed by atoms with Crippen molar-refractivity contribution in [3.05, 3.63) is 12.1 Å². The first kappa shape index (κ1) is 14.4. The Bertz CT molecular complexity index is 643. The van der Waals surface area contributed by atoms with E-state index in [1.54, 1.807) is 12.1 Å². The minimum Gasteiger partial charge on any atom is -0.476 e. The van der Waals surface area contributed by atoms with E-state index in [0.717, 1.165) is 0 Å². The normalized spacial score (nSPS) is 27.5. The van der Waals surface area contributed by atoms with Crippen LogP contribution in [0.25, 0.3) is 0 Å². The number of ether oxygens (including phenoxy) is 1. The largest absolute Gasteiger partial charge is 0.476 e. The molecule has 1 aliphatic heterocycles. The molecule has 3 N–H and O–H groups in total. The molecule has 1 aromatic rings. The second-order valence-corrected chi connectivity index (χ2v) is 8.56. The molecule has 1 aromatic heterocycles. The third-order valence-electron chi connectivity index (χ3n) is 3.98. The van der Waals surface area contributed by atoms with Crippen molar-refractivity contribution in [1.29, 1.82) is 0 Å². The molecule has 3 rings (SSSR count). The first-order valence-electron chi connectivity index (χ1n) is 7.23. The average Bonchev–Trinajstić information content (AvgIpc) is 3.17. The van der Waals surface area contributed by atoms with Gasteiger partial charge in [-0.1, -0.05) is 0 Å². The Kier molecular flexibility index (Phi) is 3.47. The predicted octanol–water partition coefficient (Wildman–Crippen LogP) is 1.44. The summed E-state index contributed by atoms with van der Waals surface area (Å²) in [7, 11) is -2.95. The third kappa shape index (κ3) is 3.58. The maximum absolute atomic E-state index is 11.6. The highest BCUT2D eigenvalue weighted by Crippen LogP contribution is 2.32. The lowest BCUT2D eigenvalue weighted by molar-refractivity contribution is 0.290. The fourth-order valence-electron chi connectivity index (χ4n) is 2.54. The van der Waals surface area contributed by atoms with Crippen LogP contribution in [0.4, 0.5) is 11.5 Å². The third-order valence-corrected chi connectivity index (χ3v) is 5.88. The molecular weight excluding hydrogens is 290 g/mol. The SMILES string of the molecule is CC1(Nc2ccc(N)c(OCC3CC3)n2)CCS(=O)(=O)C1. The summed E-state index contributed by atoms with van der Waals surface area (Å²) in [6.45, 7) is 2.55. The standard InChI is InChI=1S/C14H21N3O3S/c1-14(6-7-21(18,19)9-14)17-12-5-4-11(15)13(16-12)20-8-10-2-3-10/h4-5,10H,2-3,6-9,15H2,1H3,(H,16,17). The molecule has 1 aliphatic carbocycles. The molecule has 1 saturated heterocycles. The number of nitrogens with two attached hydrogens (primary N) is 1. The van der Waals surface area contributed by atoms with Gasteiger partial charge in [0.15, 0.2) is 9.84 Å². The van der Waals surface area contributed by atoms with Crippen LogP contribution in [-0.4, -0.2) is 37.1 Å². The van der Waals surface area contributed by atoms with Crippen LogP contribution in [0.5, 0.6) is 5.88 Å². The lowest BCUT2D eigenvalue weighted by Crippen LogP contribution is -2.36. The van der Waals surface area contributed by atoms with Crippen LogP contribution in [0.2, 0.25) is 0 Å². The average molecular weight is 311 g/mol. The smallest absolute Gasteiger partial charge is 0.239 e. The quantitative estimate of drug-likeness (QED) is 0.854. The van der Waals surface area contributed by atoms with Gasteiger partial charge in [0.1, 0.15) is 5.82 Å². The maximum atomic E-state index is 11.6. The Balaban J connectivity index is 1.71. The van der Waals surface area contributed by atoms with Gasteiger partial charge in [-0.15, -0.1) is 0 Å². The number of hydrogen-bond donors (Lipinski definition) is 2. The van der Waals surface area contributed by atoms with Crippen molar-refractivity contribution in [3.8, 4) is 5.88 Å². The summed E-state index contributed by atoms with van der Waals surface area (Å²) >= 11 is 0. The molecule has 1 unspecified atom stereocenters. The Morgan fingerprint density at radius 3 is 2.86 bits per heavy atom. The molecule has 0 amide bonds. The highest BCUT2D eigenvalue weighted by Gasteiger charge is 2.38. The molecule has 0 spiro atoms. The number of anilines is 2. The second-order valence-electron chi connectivity index (χ2n) is 6.37. The Morgan fingerprint density at radius 2 is 2.24 bits per heavy atom. The van der Waals surface area contributed by atoms with Gasteiger partial charge in [0.25, 0.3) is 0 Å². The number of aromatic nitrogens is 1. The fourth-order valence-corrected chi connectivity index (χ4v) is 4.63. The van der Waals surface area contributed by atoms with Gasteiger partial charge in [0.05, 0.1) is 29.3 Å². The summed E-state index contributed by atoms with van der Waals surface area (Å²) < 4.78 is 28.9. The number of sulfone groups is 1. The molecule has 1 saturated carbocycles.